The van der Waals surface area contributed by atoms with Crippen LogP contribution in [0.4, 0.5) is 0 Å². The van der Waals surface area contributed by atoms with Gasteiger partial charge >= 0.3 is 0 Å². The molecule has 1 aliphatic carbocycles. The van der Waals surface area contributed by atoms with Crippen LogP contribution in [0.15, 0.2) is 23.1 Å². The molecule has 1 aliphatic heterocycles. The number of piperazine rings is 1. The molecule has 1 N–H and O–H groups in total. The molecule has 0 aromatic heterocycles. The van der Waals surface area contributed by atoms with Gasteiger partial charge in [0.15, 0.2) is 0 Å². The number of carbonyl (C=O) groups is 1. The molecule has 1 aromatic rings. The Morgan fingerprint density at radius 3 is 2.36 bits per heavy atom. The quantitative estimate of drug-likeness (QED) is 0.880. The maximum Gasteiger partial charge on any atom is 0.254 e. The summed E-state index contributed by atoms with van der Waals surface area (Å²) in [6.45, 7) is 5.07. The van der Waals surface area contributed by atoms with E-state index in [1.54, 1.807) is 6.07 Å². The number of aryl methyl sites for hydroxylation is 1. The SMILES string of the molecule is CNS(=O)(=O)c1ccc(C)c(C(=O)N2CCN(C3CCCC3)CC2)c1. The Morgan fingerprint density at radius 1 is 1.12 bits per heavy atom. The summed E-state index contributed by atoms with van der Waals surface area (Å²) in [5, 5.41) is 0. The first-order valence-corrected chi connectivity index (χ1v) is 10.5. The van der Waals surface area contributed by atoms with Gasteiger partial charge in [-0.25, -0.2) is 13.1 Å². The molecule has 3 rings (SSSR count). The van der Waals surface area contributed by atoms with E-state index in [9.17, 15) is 13.2 Å². The predicted molar refractivity (Wildman–Crippen MR) is 97.2 cm³/mol. The molecule has 25 heavy (non-hydrogen) atoms. The third-order valence-electron chi connectivity index (χ3n) is 5.46. The highest BCUT2D eigenvalue weighted by Gasteiger charge is 2.29. The first-order valence-electron chi connectivity index (χ1n) is 9.00. The number of carbonyl (C=O) groups excluding carboxylic acids is 1. The number of nitrogens with one attached hydrogen (secondary N) is 1. The van der Waals surface area contributed by atoms with Crippen LogP contribution in [0.25, 0.3) is 0 Å². The van der Waals surface area contributed by atoms with Crippen LogP contribution in [0.5, 0.6) is 0 Å². The lowest BCUT2D eigenvalue weighted by molar-refractivity contribution is 0.0572. The third-order valence-corrected chi connectivity index (χ3v) is 6.87. The Bertz CT molecular complexity index is 734. The normalized spacial score (nSPS) is 20.2. The highest BCUT2D eigenvalue weighted by molar-refractivity contribution is 7.89. The first kappa shape index (κ1) is 18.4. The van der Waals surface area contributed by atoms with Gasteiger partial charge < -0.3 is 4.90 Å². The Hall–Kier alpha value is -1.44. The smallest absolute Gasteiger partial charge is 0.254 e. The molecule has 7 heteroatoms. The summed E-state index contributed by atoms with van der Waals surface area (Å²) < 4.78 is 26.3. The predicted octanol–water partition coefficient (Wildman–Crippen LogP) is 1.60. The van der Waals surface area contributed by atoms with Gasteiger partial charge in [-0.2, -0.15) is 0 Å². The highest BCUT2D eigenvalue weighted by atomic mass is 32.2. The zero-order valence-corrected chi connectivity index (χ0v) is 15.8. The Kier molecular flexibility index (Phi) is 5.46. The van der Waals surface area contributed by atoms with E-state index in [0.717, 1.165) is 18.7 Å². The first-order chi connectivity index (χ1) is 11.9. The van der Waals surface area contributed by atoms with E-state index in [1.165, 1.54) is 44.9 Å². The van der Waals surface area contributed by atoms with Gasteiger partial charge in [-0.05, 0) is 44.5 Å². The van der Waals surface area contributed by atoms with Crippen molar-refractivity contribution in [3.05, 3.63) is 29.3 Å². The third kappa shape index (κ3) is 3.88. The lowest BCUT2D eigenvalue weighted by Gasteiger charge is -2.38. The van der Waals surface area contributed by atoms with Gasteiger partial charge in [0.2, 0.25) is 10.0 Å². The van der Waals surface area contributed by atoms with E-state index in [-0.39, 0.29) is 10.8 Å². The summed E-state index contributed by atoms with van der Waals surface area (Å²) in [5.41, 5.74) is 1.28. The van der Waals surface area contributed by atoms with Crippen molar-refractivity contribution in [1.82, 2.24) is 14.5 Å². The minimum absolute atomic E-state index is 0.0725. The van der Waals surface area contributed by atoms with Crippen LogP contribution in [0, 0.1) is 6.92 Å². The number of nitrogens with zero attached hydrogens (tertiary/aromatic N) is 2. The molecule has 0 spiro atoms. The molecule has 0 atom stereocenters. The van der Waals surface area contributed by atoms with Crippen LogP contribution in [0.1, 0.15) is 41.6 Å². The summed E-state index contributed by atoms with van der Waals surface area (Å²) in [6.07, 6.45) is 5.18. The minimum Gasteiger partial charge on any atom is -0.336 e. The lowest BCUT2D eigenvalue weighted by Crippen LogP contribution is -2.51. The lowest BCUT2D eigenvalue weighted by atomic mass is 10.1. The van der Waals surface area contributed by atoms with Crippen molar-refractivity contribution >= 4 is 15.9 Å². The minimum atomic E-state index is -3.55. The topological polar surface area (TPSA) is 69.7 Å². The molecule has 1 aromatic carbocycles. The molecular weight excluding hydrogens is 338 g/mol. The molecule has 1 saturated carbocycles. The Balaban J connectivity index is 1.72. The van der Waals surface area contributed by atoms with Gasteiger partial charge in [-0.15, -0.1) is 0 Å². The molecule has 0 bridgehead atoms. The molecular formula is C18H27N3O3S. The van der Waals surface area contributed by atoms with Crippen molar-refractivity contribution in [3.8, 4) is 0 Å². The van der Waals surface area contributed by atoms with Crippen molar-refractivity contribution in [2.75, 3.05) is 33.2 Å². The summed E-state index contributed by atoms with van der Waals surface area (Å²) in [4.78, 5) is 17.4. The largest absolute Gasteiger partial charge is 0.336 e. The second-order valence-electron chi connectivity index (χ2n) is 6.95. The van der Waals surface area contributed by atoms with Gasteiger partial charge in [0.05, 0.1) is 4.90 Å². The molecule has 1 amide bonds. The van der Waals surface area contributed by atoms with E-state index in [1.807, 2.05) is 11.8 Å². The van der Waals surface area contributed by atoms with Crippen LogP contribution in [-0.4, -0.2) is 63.4 Å². The summed E-state index contributed by atoms with van der Waals surface area (Å²) >= 11 is 0. The summed E-state index contributed by atoms with van der Waals surface area (Å²) in [6, 6.07) is 5.41. The van der Waals surface area contributed by atoms with Gasteiger partial charge in [0, 0.05) is 37.8 Å². The van der Waals surface area contributed by atoms with Crippen molar-refractivity contribution in [2.45, 2.75) is 43.5 Å². The molecule has 0 unspecified atom stereocenters. The fraction of sp³-hybridized carbons (Fsp3) is 0.611. The maximum atomic E-state index is 12.9. The van der Waals surface area contributed by atoms with E-state index < -0.39 is 10.0 Å². The summed E-state index contributed by atoms with van der Waals surface area (Å²) in [5.74, 6) is -0.0725. The van der Waals surface area contributed by atoms with Gasteiger partial charge in [-0.1, -0.05) is 18.9 Å². The Labute approximate surface area is 150 Å². The zero-order valence-electron chi connectivity index (χ0n) is 15.0. The van der Waals surface area contributed by atoms with Gasteiger partial charge in [-0.3, -0.25) is 9.69 Å². The number of amides is 1. The molecule has 6 nitrogen and oxygen atoms in total. The molecule has 2 fully saturated rings. The van der Waals surface area contributed by atoms with E-state index in [0.29, 0.717) is 24.7 Å². The van der Waals surface area contributed by atoms with Crippen LogP contribution < -0.4 is 4.72 Å². The van der Waals surface area contributed by atoms with Crippen LogP contribution >= 0.6 is 0 Å². The van der Waals surface area contributed by atoms with Crippen molar-refractivity contribution in [2.24, 2.45) is 0 Å². The second-order valence-corrected chi connectivity index (χ2v) is 8.84. The van der Waals surface area contributed by atoms with E-state index in [4.69, 9.17) is 0 Å². The number of hydrogen-bond acceptors (Lipinski definition) is 4. The molecule has 2 aliphatic rings. The van der Waals surface area contributed by atoms with Gasteiger partial charge in [0.25, 0.3) is 5.91 Å². The highest BCUT2D eigenvalue weighted by Crippen LogP contribution is 2.25. The monoisotopic (exact) mass is 365 g/mol. The zero-order chi connectivity index (χ0) is 18.0. The number of benzene rings is 1. The van der Waals surface area contributed by atoms with Gasteiger partial charge in [0.1, 0.15) is 0 Å². The molecule has 1 heterocycles. The van der Waals surface area contributed by atoms with E-state index >= 15 is 0 Å². The van der Waals surface area contributed by atoms with Crippen molar-refractivity contribution in [3.63, 3.8) is 0 Å². The number of hydrogen-bond donors (Lipinski definition) is 1. The standard InChI is InChI=1S/C18H27N3O3S/c1-14-7-8-16(25(23,24)19-2)13-17(14)18(22)21-11-9-20(10-12-21)15-5-3-4-6-15/h7-8,13,15,19H,3-6,9-12H2,1-2H3. The van der Waals surface area contributed by atoms with Crippen LogP contribution in [-0.2, 0) is 10.0 Å². The van der Waals surface area contributed by atoms with Crippen LogP contribution in [0.2, 0.25) is 0 Å². The number of sulfonamides is 1. The average molecular weight is 365 g/mol. The molecule has 138 valence electrons. The molecule has 0 radical (unpaired) electrons. The van der Waals surface area contributed by atoms with Crippen molar-refractivity contribution in [1.29, 1.82) is 0 Å². The molecule has 1 saturated heterocycles. The van der Waals surface area contributed by atoms with Crippen molar-refractivity contribution < 1.29 is 13.2 Å². The maximum absolute atomic E-state index is 12.9. The fourth-order valence-corrected chi connectivity index (χ4v) is 4.60. The fourth-order valence-electron chi connectivity index (χ4n) is 3.85. The summed E-state index contributed by atoms with van der Waals surface area (Å²) in [7, 11) is -2.18. The Morgan fingerprint density at radius 2 is 1.76 bits per heavy atom. The average Bonchev–Trinajstić information content (AvgIpc) is 3.16. The second kappa shape index (κ2) is 7.43. The van der Waals surface area contributed by atoms with E-state index in [2.05, 4.69) is 9.62 Å². The number of rotatable bonds is 4. The van der Waals surface area contributed by atoms with Crippen LogP contribution in [0.3, 0.4) is 0 Å².